The molecule has 6 heteroatoms. The van der Waals surface area contributed by atoms with Crippen LogP contribution in [0.2, 0.25) is 0 Å². The first-order chi connectivity index (χ1) is 8.63. The van der Waals surface area contributed by atoms with Gasteiger partial charge in [0.1, 0.15) is 6.10 Å². The maximum atomic E-state index is 13.5. The first-order valence-corrected chi connectivity index (χ1v) is 5.57. The molecule has 0 radical (unpaired) electrons. The van der Waals surface area contributed by atoms with Crippen molar-refractivity contribution in [3.05, 3.63) is 29.6 Å². The number of halogens is 1. The van der Waals surface area contributed by atoms with E-state index in [0.29, 0.717) is 12.0 Å². The van der Waals surface area contributed by atoms with Gasteiger partial charge in [-0.25, -0.2) is 9.18 Å². The van der Waals surface area contributed by atoms with Gasteiger partial charge in [-0.05, 0) is 6.07 Å². The molecule has 2 rings (SSSR count). The van der Waals surface area contributed by atoms with Gasteiger partial charge in [0.25, 0.3) is 0 Å². The highest BCUT2D eigenvalue weighted by Crippen LogP contribution is 2.33. The molecule has 1 amide bonds. The zero-order chi connectivity index (χ0) is 13.1. The molecule has 2 N–H and O–H groups in total. The summed E-state index contributed by atoms with van der Waals surface area (Å²) in [6, 6.07) is 3.75. The molecule has 1 aromatic rings. The summed E-state index contributed by atoms with van der Waals surface area (Å²) in [5.74, 6) is -0.482. The number of fused-ring (bicyclic) bond motifs is 1. The summed E-state index contributed by atoms with van der Waals surface area (Å²) in [5, 5.41) is 12.7. The number of carbonyl (C=O) groups is 1. The van der Waals surface area contributed by atoms with Crippen molar-refractivity contribution in [2.24, 2.45) is 0 Å². The number of alkyl carbamates (subject to hydrolysis) is 1. The van der Waals surface area contributed by atoms with Gasteiger partial charge < -0.3 is 19.9 Å². The van der Waals surface area contributed by atoms with Crippen LogP contribution in [-0.4, -0.2) is 31.0 Å². The van der Waals surface area contributed by atoms with Crippen LogP contribution in [0.1, 0.15) is 18.1 Å². The molecule has 18 heavy (non-hydrogen) atoms. The Balaban J connectivity index is 2.26. The molecule has 1 aliphatic heterocycles. The average Bonchev–Trinajstić information content (AvgIpc) is 2.52. The van der Waals surface area contributed by atoms with E-state index in [2.05, 4.69) is 10.1 Å². The Morgan fingerprint density at radius 1 is 1.61 bits per heavy atom. The van der Waals surface area contributed by atoms with Crippen LogP contribution < -0.4 is 10.1 Å². The minimum absolute atomic E-state index is 0.0409. The van der Waals surface area contributed by atoms with Crippen LogP contribution in [0.5, 0.6) is 5.75 Å². The number of aliphatic hydroxyl groups excluding tert-OH is 1. The van der Waals surface area contributed by atoms with Gasteiger partial charge in [0.05, 0.1) is 19.8 Å². The Hall–Kier alpha value is -1.82. The molecule has 0 aromatic heterocycles. The summed E-state index contributed by atoms with van der Waals surface area (Å²) >= 11 is 0. The second-order valence-corrected chi connectivity index (χ2v) is 3.98. The summed E-state index contributed by atoms with van der Waals surface area (Å²) in [5.41, 5.74) is 0.328. The van der Waals surface area contributed by atoms with Crippen molar-refractivity contribution < 1.29 is 23.8 Å². The second kappa shape index (κ2) is 5.22. The summed E-state index contributed by atoms with van der Waals surface area (Å²) in [7, 11) is 1.24. The third kappa shape index (κ3) is 2.38. The molecule has 1 aromatic carbocycles. The molecular formula is C12H14FNO4. The molecule has 0 aliphatic carbocycles. The Kier molecular flexibility index (Phi) is 3.66. The Labute approximate surface area is 104 Å². The lowest BCUT2D eigenvalue weighted by molar-refractivity contribution is 0.112. The largest absolute Gasteiger partial charge is 0.490 e. The van der Waals surface area contributed by atoms with E-state index in [-0.39, 0.29) is 12.4 Å². The lowest BCUT2D eigenvalue weighted by Crippen LogP contribution is -2.39. The Bertz CT molecular complexity index is 452. The van der Waals surface area contributed by atoms with Gasteiger partial charge in [-0.1, -0.05) is 12.1 Å². The molecule has 0 fully saturated rings. The predicted molar refractivity (Wildman–Crippen MR) is 60.8 cm³/mol. The minimum atomic E-state index is -1.03. The van der Waals surface area contributed by atoms with Crippen molar-refractivity contribution >= 4 is 6.09 Å². The number of hydrogen-bond acceptors (Lipinski definition) is 4. The van der Waals surface area contributed by atoms with Crippen molar-refractivity contribution in [2.45, 2.75) is 18.6 Å². The van der Waals surface area contributed by atoms with Crippen molar-refractivity contribution in [3.63, 3.8) is 0 Å². The number of methoxy groups -OCH3 is 1. The van der Waals surface area contributed by atoms with Crippen molar-refractivity contribution in [1.82, 2.24) is 5.32 Å². The standard InChI is InChI=1S/C12H14FNO4/c1-17-12(16)14-9-5-6-18-11-7(10(9)15)3-2-4-8(11)13/h2-4,9-10,15H,5-6H2,1H3,(H,14,16). The van der Waals surface area contributed by atoms with Crippen LogP contribution in [0.3, 0.4) is 0 Å². The fourth-order valence-corrected chi connectivity index (χ4v) is 1.93. The zero-order valence-corrected chi connectivity index (χ0v) is 9.85. The Morgan fingerprint density at radius 3 is 3.11 bits per heavy atom. The second-order valence-electron chi connectivity index (χ2n) is 3.98. The number of para-hydroxylation sites is 1. The highest BCUT2D eigenvalue weighted by Gasteiger charge is 2.29. The number of nitrogens with one attached hydrogen (secondary N) is 1. The van der Waals surface area contributed by atoms with Gasteiger partial charge >= 0.3 is 6.09 Å². The lowest BCUT2D eigenvalue weighted by Gasteiger charge is -2.21. The summed E-state index contributed by atoms with van der Waals surface area (Å²) in [4.78, 5) is 11.2. The van der Waals surface area contributed by atoms with Crippen LogP contribution in [-0.2, 0) is 4.74 Å². The third-order valence-corrected chi connectivity index (χ3v) is 2.86. The number of aliphatic hydroxyl groups is 1. The molecular weight excluding hydrogens is 241 g/mol. The molecule has 0 bridgehead atoms. The van der Waals surface area contributed by atoms with Gasteiger partial charge in [0, 0.05) is 12.0 Å². The van der Waals surface area contributed by atoms with Gasteiger partial charge in [-0.2, -0.15) is 0 Å². The summed E-state index contributed by atoms with van der Waals surface area (Å²) in [6.07, 6.45) is -1.30. The van der Waals surface area contributed by atoms with Crippen molar-refractivity contribution in [1.29, 1.82) is 0 Å². The molecule has 0 saturated heterocycles. The first kappa shape index (κ1) is 12.6. The number of hydrogen-bond donors (Lipinski definition) is 2. The molecule has 0 spiro atoms. The molecule has 5 nitrogen and oxygen atoms in total. The van der Waals surface area contributed by atoms with E-state index in [0.717, 1.165) is 0 Å². The van der Waals surface area contributed by atoms with E-state index in [9.17, 15) is 14.3 Å². The number of ether oxygens (including phenoxy) is 2. The van der Waals surface area contributed by atoms with Crippen LogP contribution in [0.4, 0.5) is 9.18 Å². The zero-order valence-electron chi connectivity index (χ0n) is 9.85. The fourth-order valence-electron chi connectivity index (χ4n) is 1.93. The molecule has 2 atom stereocenters. The molecule has 98 valence electrons. The van der Waals surface area contributed by atoms with E-state index < -0.39 is 24.1 Å². The predicted octanol–water partition coefficient (Wildman–Crippen LogP) is 1.37. The van der Waals surface area contributed by atoms with Crippen LogP contribution in [0, 0.1) is 5.82 Å². The summed E-state index contributed by atoms with van der Waals surface area (Å²) in [6.45, 7) is 0.208. The molecule has 1 heterocycles. The van der Waals surface area contributed by atoms with Crippen LogP contribution >= 0.6 is 0 Å². The van der Waals surface area contributed by atoms with E-state index in [1.54, 1.807) is 6.07 Å². The highest BCUT2D eigenvalue weighted by molar-refractivity contribution is 5.67. The van der Waals surface area contributed by atoms with Crippen LogP contribution in [0.25, 0.3) is 0 Å². The quantitative estimate of drug-likeness (QED) is 0.795. The maximum Gasteiger partial charge on any atom is 0.407 e. The van der Waals surface area contributed by atoms with E-state index >= 15 is 0 Å². The van der Waals surface area contributed by atoms with Gasteiger partial charge in [-0.3, -0.25) is 0 Å². The molecule has 1 aliphatic rings. The van der Waals surface area contributed by atoms with E-state index in [1.807, 2.05) is 0 Å². The fraction of sp³-hybridized carbons (Fsp3) is 0.417. The maximum absolute atomic E-state index is 13.5. The number of carbonyl (C=O) groups excluding carboxylic acids is 1. The minimum Gasteiger partial charge on any atom is -0.490 e. The smallest absolute Gasteiger partial charge is 0.407 e. The molecule has 0 saturated carbocycles. The monoisotopic (exact) mass is 255 g/mol. The third-order valence-electron chi connectivity index (χ3n) is 2.86. The topological polar surface area (TPSA) is 67.8 Å². The molecule has 2 unspecified atom stereocenters. The van der Waals surface area contributed by atoms with Crippen molar-refractivity contribution in [2.75, 3.05) is 13.7 Å². The number of rotatable bonds is 1. The van der Waals surface area contributed by atoms with Crippen molar-refractivity contribution in [3.8, 4) is 5.75 Å². The van der Waals surface area contributed by atoms with E-state index in [4.69, 9.17) is 4.74 Å². The number of amides is 1. The van der Waals surface area contributed by atoms with Gasteiger partial charge in [0.2, 0.25) is 0 Å². The lowest BCUT2D eigenvalue weighted by atomic mass is 10.0. The van der Waals surface area contributed by atoms with E-state index in [1.165, 1.54) is 19.2 Å². The van der Waals surface area contributed by atoms with Gasteiger partial charge in [0.15, 0.2) is 11.6 Å². The highest BCUT2D eigenvalue weighted by atomic mass is 19.1. The SMILES string of the molecule is COC(=O)NC1CCOc2c(F)cccc2C1O. The first-order valence-electron chi connectivity index (χ1n) is 5.57. The summed E-state index contributed by atoms with van der Waals surface area (Å²) < 4.78 is 23.3. The van der Waals surface area contributed by atoms with Crippen LogP contribution in [0.15, 0.2) is 18.2 Å². The normalized spacial score (nSPS) is 22.4. The number of benzene rings is 1. The average molecular weight is 255 g/mol. The van der Waals surface area contributed by atoms with Gasteiger partial charge in [-0.15, -0.1) is 0 Å². The Morgan fingerprint density at radius 2 is 2.39 bits per heavy atom.